The molecular weight excluding hydrogens is 612 g/mol. The number of nitrogens with zero attached hydrogens (tertiary/aromatic N) is 4. The fourth-order valence-electron chi connectivity index (χ4n) is 4.43. The van der Waals surface area contributed by atoms with E-state index in [1.807, 2.05) is 49.4 Å². The summed E-state index contributed by atoms with van der Waals surface area (Å²) in [7, 11) is -3.62. The highest BCUT2D eigenvalue weighted by molar-refractivity contribution is 9.10. The quantitative estimate of drug-likeness (QED) is 0.158. The Morgan fingerprint density at radius 2 is 1.75 bits per heavy atom. The van der Waals surface area contributed by atoms with E-state index in [0.29, 0.717) is 30.4 Å². The molecule has 1 aliphatic heterocycles. The van der Waals surface area contributed by atoms with Gasteiger partial charge in [0, 0.05) is 23.1 Å². The molecule has 8 nitrogen and oxygen atoms in total. The van der Waals surface area contributed by atoms with Gasteiger partial charge in [0.15, 0.2) is 0 Å². The minimum absolute atomic E-state index is 0.181. The summed E-state index contributed by atoms with van der Waals surface area (Å²) in [6.45, 7) is 3.53. The molecule has 0 saturated carbocycles. The fraction of sp³-hybridized carbons (Fsp3) is 0.276. The molecule has 2 heterocycles. The first-order valence-corrected chi connectivity index (χ1v) is 16.2. The monoisotopic (exact) mass is 640 g/mol. The molecule has 0 unspecified atom stereocenters. The molecule has 11 heteroatoms. The summed E-state index contributed by atoms with van der Waals surface area (Å²) in [5.41, 5.74) is 1.83. The van der Waals surface area contributed by atoms with Crippen LogP contribution in [-0.2, 0) is 10.0 Å². The lowest BCUT2D eigenvalue weighted by molar-refractivity contribution is 0.0987. The molecule has 0 spiro atoms. The van der Waals surface area contributed by atoms with E-state index in [1.165, 1.54) is 40.6 Å². The number of halogens is 1. The van der Waals surface area contributed by atoms with Gasteiger partial charge in [0.05, 0.1) is 27.9 Å². The number of rotatable bonds is 8. The summed E-state index contributed by atoms with van der Waals surface area (Å²) in [6.07, 6.45) is 5.38. The minimum Gasteiger partial charge on any atom is -0.494 e. The van der Waals surface area contributed by atoms with E-state index < -0.39 is 15.9 Å². The molecule has 1 amide bonds. The van der Waals surface area contributed by atoms with E-state index >= 15 is 0 Å². The van der Waals surface area contributed by atoms with Crippen LogP contribution in [0.5, 0.6) is 5.75 Å². The van der Waals surface area contributed by atoms with Crippen molar-refractivity contribution in [2.75, 3.05) is 24.7 Å². The number of carbonyl (C=O) groups excluding carboxylic acids is 1. The number of fused-ring (bicyclic) bond motifs is 1. The first-order valence-electron chi connectivity index (χ1n) is 13.1. The van der Waals surface area contributed by atoms with Gasteiger partial charge >= 0.3 is 0 Å². The van der Waals surface area contributed by atoms with Gasteiger partial charge in [0.25, 0.3) is 5.91 Å². The highest BCUT2D eigenvalue weighted by Gasteiger charge is 2.26. The molecule has 5 rings (SSSR count). The second-order valence-corrected chi connectivity index (χ2v) is 13.2. The first kappa shape index (κ1) is 28.4. The van der Waals surface area contributed by atoms with Crippen molar-refractivity contribution in [3.63, 3.8) is 0 Å². The average molecular weight is 642 g/mol. The fourth-order valence-corrected chi connectivity index (χ4v) is 7.42. The van der Waals surface area contributed by atoms with Crippen molar-refractivity contribution in [1.82, 2.24) is 9.29 Å². The number of hydrazone groups is 1. The number of ether oxygens (including phenoxy) is 1. The van der Waals surface area contributed by atoms with Crippen LogP contribution in [0.15, 0.2) is 81.2 Å². The topological polar surface area (TPSA) is 92.2 Å². The third-order valence-electron chi connectivity index (χ3n) is 6.53. The van der Waals surface area contributed by atoms with Gasteiger partial charge in [0.2, 0.25) is 15.2 Å². The first-order chi connectivity index (χ1) is 19.3. The highest BCUT2D eigenvalue weighted by atomic mass is 79.9. The van der Waals surface area contributed by atoms with Gasteiger partial charge in [0.1, 0.15) is 5.75 Å². The summed E-state index contributed by atoms with van der Waals surface area (Å²) < 4.78 is 35.3. The smallest absolute Gasteiger partial charge is 0.280 e. The van der Waals surface area contributed by atoms with Crippen molar-refractivity contribution in [3.8, 4) is 5.75 Å². The van der Waals surface area contributed by atoms with Gasteiger partial charge in [-0.1, -0.05) is 40.1 Å². The van der Waals surface area contributed by atoms with E-state index in [0.717, 1.165) is 51.7 Å². The van der Waals surface area contributed by atoms with Crippen molar-refractivity contribution in [3.05, 3.63) is 82.3 Å². The number of sulfonamides is 1. The predicted octanol–water partition coefficient (Wildman–Crippen LogP) is 6.70. The second kappa shape index (κ2) is 12.6. The van der Waals surface area contributed by atoms with Gasteiger partial charge in [-0.15, -0.1) is 0 Å². The molecule has 3 aromatic carbocycles. The Bertz CT molecular complexity index is 1610. The van der Waals surface area contributed by atoms with Crippen molar-refractivity contribution in [2.24, 2.45) is 5.10 Å². The summed E-state index contributed by atoms with van der Waals surface area (Å²) >= 11 is 4.83. The van der Waals surface area contributed by atoms with Gasteiger partial charge in [-0.25, -0.2) is 13.4 Å². The molecule has 1 fully saturated rings. The lowest BCUT2D eigenvalue weighted by Crippen LogP contribution is -2.32. The zero-order chi connectivity index (χ0) is 28.1. The second-order valence-electron chi connectivity index (χ2n) is 9.31. The molecule has 0 bridgehead atoms. The number of carbonyl (C=O) groups is 1. The zero-order valence-electron chi connectivity index (χ0n) is 22.0. The summed E-state index contributed by atoms with van der Waals surface area (Å²) in [4.78, 5) is 18.6. The van der Waals surface area contributed by atoms with Crippen molar-refractivity contribution < 1.29 is 17.9 Å². The van der Waals surface area contributed by atoms with Crippen molar-refractivity contribution >= 4 is 64.8 Å². The lowest BCUT2D eigenvalue weighted by Gasteiger charge is -2.20. The van der Waals surface area contributed by atoms with E-state index in [1.54, 1.807) is 10.5 Å². The standard InChI is InChI=1S/C29H29BrN4O4S2/c1-2-38-24-12-7-21(8-13-24)20-31-34(29-32-26-16-11-23(30)19-27(26)39-29)28(35)22-9-14-25(15-10-22)40(36,37)33-17-5-3-4-6-18-33/h7-16,19-20H,2-6,17-18H2,1H3/b31-20+. The maximum atomic E-state index is 13.7. The molecule has 0 radical (unpaired) electrons. The minimum atomic E-state index is -3.62. The molecule has 1 aromatic heterocycles. The van der Waals surface area contributed by atoms with E-state index in [-0.39, 0.29) is 4.90 Å². The summed E-state index contributed by atoms with van der Waals surface area (Å²) in [5.74, 6) is 0.332. The third kappa shape index (κ3) is 6.43. The Kier molecular flexibility index (Phi) is 8.94. The van der Waals surface area contributed by atoms with Crippen LogP contribution in [0, 0.1) is 0 Å². The third-order valence-corrected chi connectivity index (χ3v) is 9.93. The SMILES string of the molecule is CCOc1ccc(/C=N/N(C(=O)c2ccc(S(=O)(=O)N3CCCCCC3)cc2)c2nc3ccc(Br)cc3s2)cc1. The highest BCUT2D eigenvalue weighted by Crippen LogP contribution is 2.32. The van der Waals surface area contributed by atoms with Crippen LogP contribution in [0.2, 0.25) is 0 Å². The van der Waals surface area contributed by atoms with E-state index in [9.17, 15) is 13.2 Å². The molecule has 1 saturated heterocycles. The largest absolute Gasteiger partial charge is 0.494 e. The van der Waals surface area contributed by atoms with Crippen LogP contribution in [0.25, 0.3) is 10.2 Å². The van der Waals surface area contributed by atoms with Crippen molar-refractivity contribution in [2.45, 2.75) is 37.5 Å². The van der Waals surface area contributed by atoms with Gasteiger partial charge in [-0.05, 0) is 92.1 Å². The number of hydrogen-bond donors (Lipinski definition) is 0. The maximum absolute atomic E-state index is 13.7. The van der Waals surface area contributed by atoms with Crippen LogP contribution >= 0.6 is 27.3 Å². The van der Waals surface area contributed by atoms with Crippen LogP contribution in [0.3, 0.4) is 0 Å². The number of amides is 1. The van der Waals surface area contributed by atoms with Gasteiger partial charge < -0.3 is 4.74 Å². The van der Waals surface area contributed by atoms with Crippen LogP contribution in [0.4, 0.5) is 5.13 Å². The zero-order valence-corrected chi connectivity index (χ0v) is 25.2. The number of hydrogen-bond acceptors (Lipinski definition) is 7. The Morgan fingerprint density at radius 1 is 1.05 bits per heavy atom. The maximum Gasteiger partial charge on any atom is 0.280 e. The number of benzene rings is 3. The molecule has 4 aromatic rings. The Morgan fingerprint density at radius 3 is 2.42 bits per heavy atom. The van der Waals surface area contributed by atoms with Crippen molar-refractivity contribution in [1.29, 1.82) is 0 Å². The van der Waals surface area contributed by atoms with Crippen LogP contribution in [0.1, 0.15) is 48.5 Å². The van der Waals surface area contributed by atoms with Gasteiger partial charge in [-0.2, -0.15) is 14.4 Å². The number of thiazole rings is 1. The molecular formula is C29H29BrN4O4S2. The Hall–Kier alpha value is -3.12. The van der Waals surface area contributed by atoms with Gasteiger partial charge in [-0.3, -0.25) is 4.79 Å². The van der Waals surface area contributed by atoms with E-state index in [2.05, 4.69) is 26.0 Å². The molecule has 0 N–H and O–H groups in total. The number of anilines is 1. The lowest BCUT2D eigenvalue weighted by atomic mass is 10.2. The molecule has 0 atom stereocenters. The van der Waals surface area contributed by atoms with Crippen LogP contribution in [-0.4, -0.2) is 49.5 Å². The average Bonchev–Trinajstić information content (AvgIpc) is 3.16. The summed E-state index contributed by atoms with van der Waals surface area (Å²) in [5, 5.41) is 6.18. The molecule has 40 heavy (non-hydrogen) atoms. The normalized spacial score (nSPS) is 14.8. The molecule has 0 aliphatic carbocycles. The summed E-state index contributed by atoms with van der Waals surface area (Å²) in [6, 6.07) is 19.2. The molecule has 208 valence electrons. The Labute approximate surface area is 246 Å². The van der Waals surface area contributed by atoms with Crippen LogP contribution < -0.4 is 9.75 Å². The number of aromatic nitrogens is 1. The Balaban J connectivity index is 1.45. The van der Waals surface area contributed by atoms with E-state index in [4.69, 9.17) is 4.74 Å². The molecule has 1 aliphatic rings. The predicted molar refractivity (Wildman–Crippen MR) is 163 cm³/mol.